The maximum Gasteiger partial charge on any atom is 0.253 e. The third kappa shape index (κ3) is 3.80. The fourth-order valence-corrected chi connectivity index (χ4v) is 3.45. The van der Waals surface area contributed by atoms with Gasteiger partial charge in [0.15, 0.2) is 0 Å². The van der Waals surface area contributed by atoms with Gasteiger partial charge in [-0.15, -0.1) is 0 Å². The Balaban J connectivity index is 2.05. The average molecular weight is 279 g/mol. The number of nitrogens with two attached hydrogens (primary N) is 1. The Kier molecular flexibility index (Phi) is 4.96. The van der Waals surface area contributed by atoms with Gasteiger partial charge in [0.05, 0.1) is 5.56 Å². The molecule has 0 spiro atoms. The first-order valence-electron chi connectivity index (χ1n) is 6.64. The van der Waals surface area contributed by atoms with E-state index in [9.17, 15) is 4.79 Å². The van der Waals surface area contributed by atoms with Gasteiger partial charge in [0, 0.05) is 25.0 Å². The first-order chi connectivity index (χ1) is 9.20. The number of anilines is 2. The third-order valence-corrected chi connectivity index (χ3v) is 4.49. The van der Waals surface area contributed by atoms with E-state index in [0.29, 0.717) is 17.2 Å². The van der Waals surface area contributed by atoms with Crippen molar-refractivity contribution >= 4 is 29.0 Å². The zero-order valence-corrected chi connectivity index (χ0v) is 12.1. The summed E-state index contributed by atoms with van der Waals surface area (Å²) in [6.45, 7) is 0.911. The van der Waals surface area contributed by atoms with Gasteiger partial charge in [-0.2, -0.15) is 11.8 Å². The number of amides is 1. The predicted octanol–water partition coefficient (Wildman–Crippen LogP) is 2.18. The zero-order chi connectivity index (χ0) is 13.7. The second kappa shape index (κ2) is 6.70. The van der Waals surface area contributed by atoms with E-state index >= 15 is 0 Å². The van der Waals surface area contributed by atoms with Gasteiger partial charge in [0.1, 0.15) is 0 Å². The molecule has 1 aromatic rings. The predicted molar refractivity (Wildman–Crippen MR) is 82.8 cm³/mol. The Labute approximate surface area is 118 Å². The van der Waals surface area contributed by atoms with Crippen LogP contribution in [0.4, 0.5) is 11.4 Å². The normalized spacial score (nSPS) is 16.1. The molecule has 0 bridgehead atoms. The highest BCUT2D eigenvalue weighted by molar-refractivity contribution is 7.99. The molecule has 104 valence electrons. The van der Waals surface area contributed by atoms with Crippen LogP contribution in [0.5, 0.6) is 0 Å². The van der Waals surface area contributed by atoms with Crippen molar-refractivity contribution in [3.8, 4) is 0 Å². The Hall–Kier alpha value is -1.36. The number of benzene rings is 1. The summed E-state index contributed by atoms with van der Waals surface area (Å²) >= 11 is 2.02. The molecule has 19 heavy (non-hydrogen) atoms. The third-order valence-electron chi connectivity index (χ3n) is 3.44. The summed E-state index contributed by atoms with van der Waals surface area (Å²) in [5.74, 6) is 3.10. The number of nitrogen functional groups attached to an aromatic ring is 1. The fraction of sp³-hybridized carbons (Fsp3) is 0.500. The maximum absolute atomic E-state index is 11.8. The minimum Gasteiger partial charge on any atom is -0.399 e. The van der Waals surface area contributed by atoms with Crippen molar-refractivity contribution in [1.82, 2.24) is 5.32 Å². The topological polar surface area (TPSA) is 67.2 Å². The summed E-state index contributed by atoms with van der Waals surface area (Å²) in [6.07, 6.45) is 2.49. The summed E-state index contributed by atoms with van der Waals surface area (Å²) in [7, 11) is 1.64. The van der Waals surface area contributed by atoms with E-state index in [1.165, 1.54) is 24.3 Å². The monoisotopic (exact) mass is 279 g/mol. The standard InChI is InChI=1S/C14H21N3OS/c1-16-14(18)12-3-2-11(15)8-13(12)17-9-10-4-6-19-7-5-10/h2-3,8,10,17H,4-7,9,15H2,1H3,(H,16,18). The number of thioether (sulfide) groups is 1. The fourth-order valence-electron chi connectivity index (χ4n) is 2.25. The molecule has 0 aromatic heterocycles. The van der Waals surface area contributed by atoms with Crippen LogP contribution in [0, 0.1) is 5.92 Å². The van der Waals surface area contributed by atoms with E-state index in [1.807, 2.05) is 17.8 Å². The first kappa shape index (κ1) is 14.1. The van der Waals surface area contributed by atoms with Crippen molar-refractivity contribution in [1.29, 1.82) is 0 Å². The molecule has 0 aliphatic carbocycles. The lowest BCUT2D eigenvalue weighted by Crippen LogP contribution is -2.23. The van der Waals surface area contributed by atoms with Gasteiger partial charge in [-0.1, -0.05) is 0 Å². The van der Waals surface area contributed by atoms with Crippen LogP contribution in [-0.2, 0) is 0 Å². The molecule has 4 N–H and O–H groups in total. The molecule has 1 aliphatic rings. The molecule has 5 heteroatoms. The summed E-state index contributed by atoms with van der Waals surface area (Å²) < 4.78 is 0. The zero-order valence-electron chi connectivity index (χ0n) is 11.2. The molecule has 2 rings (SSSR count). The van der Waals surface area contributed by atoms with Crippen molar-refractivity contribution < 1.29 is 4.79 Å². The number of rotatable bonds is 4. The molecule has 0 saturated carbocycles. The van der Waals surface area contributed by atoms with Crippen LogP contribution in [0.1, 0.15) is 23.2 Å². The minimum atomic E-state index is -0.0818. The van der Waals surface area contributed by atoms with Crippen molar-refractivity contribution in [3.63, 3.8) is 0 Å². The van der Waals surface area contributed by atoms with E-state index in [1.54, 1.807) is 19.2 Å². The van der Waals surface area contributed by atoms with Crippen LogP contribution >= 0.6 is 11.8 Å². The molecule has 1 amide bonds. The molecular formula is C14H21N3OS. The Morgan fingerprint density at radius 3 is 2.84 bits per heavy atom. The van der Waals surface area contributed by atoms with E-state index in [-0.39, 0.29) is 5.91 Å². The number of nitrogens with one attached hydrogen (secondary N) is 2. The van der Waals surface area contributed by atoms with Crippen LogP contribution in [0.3, 0.4) is 0 Å². The quantitative estimate of drug-likeness (QED) is 0.739. The van der Waals surface area contributed by atoms with Crippen LogP contribution in [-0.4, -0.2) is 31.0 Å². The van der Waals surface area contributed by atoms with E-state index < -0.39 is 0 Å². The Bertz CT molecular complexity index is 444. The van der Waals surface area contributed by atoms with Crippen LogP contribution in [0.2, 0.25) is 0 Å². The smallest absolute Gasteiger partial charge is 0.253 e. The van der Waals surface area contributed by atoms with Crippen molar-refractivity contribution in [2.75, 3.05) is 36.1 Å². The number of hydrogen-bond donors (Lipinski definition) is 3. The summed E-state index contributed by atoms with van der Waals surface area (Å²) in [6, 6.07) is 5.36. The lowest BCUT2D eigenvalue weighted by Gasteiger charge is -2.22. The lowest BCUT2D eigenvalue weighted by atomic mass is 10.0. The Morgan fingerprint density at radius 1 is 1.42 bits per heavy atom. The van der Waals surface area contributed by atoms with Crippen molar-refractivity contribution in [2.45, 2.75) is 12.8 Å². The molecule has 0 atom stereocenters. The number of hydrogen-bond acceptors (Lipinski definition) is 4. The van der Waals surface area contributed by atoms with Crippen LogP contribution < -0.4 is 16.4 Å². The highest BCUT2D eigenvalue weighted by Gasteiger charge is 2.15. The highest BCUT2D eigenvalue weighted by Crippen LogP contribution is 2.25. The second-order valence-corrected chi connectivity index (χ2v) is 6.05. The van der Waals surface area contributed by atoms with Crippen LogP contribution in [0.15, 0.2) is 18.2 Å². The van der Waals surface area contributed by atoms with Gasteiger partial charge in [-0.05, 0) is 48.5 Å². The van der Waals surface area contributed by atoms with E-state index in [0.717, 1.165) is 12.2 Å². The molecule has 1 saturated heterocycles. The largest absolute Gasteiger partial charge is 0.399 e. The van der Waals surface area contributed by atoms with Gasteiger partial charge in [0.25, 0.3) is 5.91 Å². The lowest BCUT2D eigenvalue weighted by molar-refractivity contribution is 0.0964. The van der Waals surface area contributed by atoms with E-state index in [2.05, 4.69) is 10.6 Å². The summed E-state index contributed by atoms with van der Waals surface area (Å²) in [5, 5.41) is 6.04. The maximum atomic E-state index is 11.8. The van der Waals surface area contributed by atoms with Crippen LogP contribution in [0.25, 0.3) is 0 Å². The first-order valence-corrected chi connectivity index (χ1v) is 7.79. The highest BCUT2D eigenvalue weighted by atomic mass is 32.2. The summed E-state index contributed by atoms with van der Waals surface area (Å²) in [5.41, 5.74) is 7.96. The Morgan fingerprint density at radius 2 is 2.16 bits per heavy atom. The molecule has 4 nitrogen and oxygen atoms in total. The number of carbonyl (C=O) groups excluding carboxylic acids is 1. The van der Waals surface area contributed by atoms with Crippen molar-refractivity contribution in [3.05, 3.63) is 23.8 Å². The molecule has 0 unspecified atom stereocenters. The molecule has 1 aliphatic heterocycles. The van der Waals surface area contributed by atoms with Gasteiger partial charge in [-0.25, -0.2) is 0 Å². The molecule has 1 heterocycles. The van der Waals surface area contributed by atoms with Gasteiger partial charge in [0.2, 0.25) is 0 Å². The molecule has 1 fully saturated rings. The van der Waals surface area contributed by atoms with Crippen molar-refractivity contribution in [2.24, 2.45) is 5.92 Å². The second-order valence-electron chi connectivity index (χ2n) is 4.82. The van der Waals surface area contributed by atoms with Gasteiger partial charge >= 0.3 is 0 Å². The minimum absolute atomic E-state index is 0.0818. The van der Waals surface area contributed by atoms with Gasteiger partial charge < -0.3 is 16.4 Å². The molecular weight excluding hydrogens is 258 g/mol. The van der Waals surface area contributed by atoms with Gasteiger partial charge in [-0.3, -0.25) is 4.79 Å². The van der Waals surface area contributed by atoms with E-state index in [4.69, 9.17) is 5.73 Å². The molecule has 0 radical (unpaired) electrons. The summed E-state index contributed by atoms with van der Waals surface area (Å²) in [4.78, 5) is 11.8. The average Bonchev–Trinajstić information content (AvgIpc) is 2.45. The number of carbonyl (C=O) groups is 1. The molecule has 1 aromatic carbocycles. The SMILES string of the molecule is CNC(=O)c1ccc(N)cc1NCC1CCSCC1.